The Morgan fingerprint density at radius 3 is 2.32 bits per heavy atom. The first kappa shape index (κ1) is 16.0. The van der Waals surface area contributed by atoms with Gasteiger partial charge in [0.05, 0.1) is 5.92 Å². The molecular formula is C14H26N2O3. The van der Waals surface area contributed by atoms with Crippen molar-refractivity contribution in [2.24, 2.45) is 17.3 Å². The number of carboxylic acids is 1. The second kappa shape index (κ2) is 6.37. The van der Waals surface area contributed by atoms with Crippen LogP contribution in [0.2, 0.25) is 0 Å². The Bertz CT molecular complexity index is 340. The third-order valence-electron chi connectivity index (χ3n) is 3.64. The van der Waals surface area contributed by atoms with E-state index in [9.17, 15) is 9.59 Å². The molecule has 0 saturated heterocycles. The summed E-state index contributed by atoms with van der Waals surface area (Å²) >= 11 is 0. The summed E-state index contributed by atoms with van der Waals surface area (Å²) in [5.41, 5.74) is 0.0178. The number of amides is 1. The molecule has 1 rings (SSSR count). The highest BCUT2D eigenvalue weighted by Crippen LogP contribution is 2.31. The molecule has 0 radical (unpaired) electrons. The van der Waals surface area contributed by atoms with E-state index >= 15 is 0 Å². The molecule has 1 amide bonds. The largest absolute Gasteiger partial charge is 0.481 e. The molecule has 19 heavy (non-hydrogen) atoms. The number of carboxylic acid groups (broad SMARTS) is 1. The summed E-state index contributed by atoms with van der Waals surface area (Å²) in [7, 11) is 4.02. The average molecular weight is 270 g/mol. The zero-order chi connectivity index (χ0) is 14.6. The first-order chi connectivity index (χ1) is 8.71. The van der Waals surface area contributed by atoms with E-state index in [1.165, 1.54) is 0 Å². The molecule has 2 atom stereocenters. The average Bonchev–Trinajstić information content (AvgIpc) is 2.73. The first-order valence-electron chi connectivity index (χ1n) is 6.86. The third-order valence-corrected chi connectivity index (χ3v) is 3.64. The maximum atomic E-state index is 12.0. The van der Waals surface area contributed by atoms with Gasteiger partial charge in [0.2, 0.25) is 5.91 Å². The van der Waals surface area contributed by atoms with Crippen molar-refractivity contribution in [3.8, 4) is 0 Å². The number of nitrogens with zero attached hydrogens (tertiary/aromatic N) is 1. The predicted octanol–water partition coefficient (Wildman–Crippen LogP) is 1.19. The molecule has 2 unspecified atom stereocenters. The van der Waals surface area contributed by atoms with Crippen LogP contribution in [0, 0.1) is 17.3 Å². The molecule has 0 aromatic carbocycles. The van der Waals surface area contributed by atoms with E-state index in [0.29, 0.717) is 25.8 Å². The van der Waals surface area contributed by atoms with Gasteiger partial charge < -0.3 is 15.3 Å². The number of nitrogens with one attached hydrogen (secondary N) is 1. The molecule has 1 saturated carbocycles. The molecule has 5 nitrogen and oxygen atoms in total. The van der Waals surface area contributed by atoms with Crippen molar-refractivity contribution in [2.45, 2.75) is 33.1 Å². The fourth-order valence-corrected chi connectivity index (χ4v) is 2.83. The van der Waals surface area contributed by atoms with Gasteiger partial charge in [0.25, 0.3) is 0 Å². The van der Waals surface area contributed by atoms with E-state index in [-0.39, 0.29) is 23.2 Å². The molecule has 2 N–H and O–H groups in total. The Hall–Kier alpha value is -1.10. The van der Waals surface area contributed by atoms with Crippen molar-refractivity contribution in [1.29, 1.82) is 0 Å². The molecule has 0 heterocycles. The molecule has 0 spiro atoms. The van der Waals surface area contributed by atoms with Gasteiger partial charge >= 0.3 is 5.97 Å². The Morgan fingerprint density at radius 1 is 1.26 bits per heavy atom. The summed E-state index contributed by atoms with van der Waals surface area (Å²) in [6.07, 6.45) is 1.79. The summed E-state index contributed by atoms with van der Waals surface area (Å²) in [4.78, 5) is 25.0. The number of aliphatic carboxylic acids is 1. The minimum Gasteiger partial charge on any atom is -0.481 e. The summed E-state index contributed by atoms with van der Waals surface area (Å²) in [6.45, 7) is 5.75. The van der Waals surface area contributed by atoms with Gasteiger partial charge in [0.1, 0.15) is 0 Å². The fourth-order valence-electron chi connectivity index (χ4n) is 2.83. The highest BCUT2D eigenvalue weighted by Gasteiger charge is 2.34. The van der Waals surface area contributed by atoms with Crippen LogP contribution in [-0.2, 0) is 9.59 Å². The van der Waals surface area contributed by atoms with Crippen LogP contribution in [0.5, 0.6) is 0 Å². The van der Waals surface area contributed by atoms with Gasteiger partial charge in [-0.25, -0.2) is 0 Å². The van der Waals surface area contributed by atoms with Crippen LogP contribution in [0.1, 0.15) is 33.1 Å². The summed E-state index contributed by atoms with van der Waals surface area (Å²) in [5.74, 6) is -1.24. The molecule has 1 fully saturated rings. The molecule has 1 aliphatic rings. The van der Waals surface area contributed by atoms with Crippen LogP contribution in [0.25, 0.3) is 0 Å². The zero-order valence-electron chi connectivity index (χ0n) is 12.4. The van der Waals surface area contributed by atoms with E-state index in [1.807, 2.05) is 14.1 Å². The van der Waals surface area contributed by atoms with Gasteiger partial charge in [-0.05, 0) is 38.8 Å². The van der Waals surface area contributed by atoms with E-state index < -0.39 is 5.97 Å². The topological polar surface area (TPSA) is 69.6 Å². The van der Waals surface area contributed by atoms with Crippen LogP contribution in [-0.4, -0.2) is 49.1 Å². The maximum Gasteiger partial charge on any atom is 0.306 e. The summed E-state index contributed by atoms with van der Waals surface area (Å²) < 4.78 is 0. The zero-order valence-corrected chi connectivity index (χ0v) is 12.4. The van der Waals surface area contributed by atoms with Gasteiger partial charge in [-0.2, -0.15) is 0 Å². The Kier molecular flexibility index (Phi) is 5.35. The molecule has 1 aliphatic carbocycles. The van der Waals surface area contributed by atoms with Crippen LogP contribution in [0.3, 0.4) is 0 Å². The minimum atomic E-state index is -0.775. The van der Waals surface area contributed by atoms with Gasteiger partial charge in [0, 0.05) is 19.0 Å². The molecule has 5 heteroatoms. The minimum absolute atomic E-state index is 0.00980. The number of carbonyl (C=O) groups is 2. The van der Waals surface area contributed by atoms with Crippen LogP contribution < -0.4 is 5.32 Å². The Morgan fingerprint density at radius 2 is 1.84 bits per heavy atom. The molecule has 0 aliphatic heterocycles. The van der Waals surface area contributed by atoms with Gasteiger partial charge in [-0.15, -0.1) is 0 Å². The highest BCUT2D eigenvalue weighted by molar-refractivity contribution is 5.80. The standard InChI is InChI=1S/C14H26N2O3/c1-14(2,9-16(3)4)8-15-12(17)10-5-6-11(7-10)13(18)19/h10-11H,5-9H2,1-4H3,(H,15,17)(H,18,19). The lowest BCUT2D eigenvalue weighted by atomic mass is 9.92. The number of hydrogen-bond donors (Lipinski definition) is 2. The quantitative estimate of drug-likeness (QED) is 0.760. The van der Waals surface area contributed by atoms with Crippen molar-refractivity contribution in [3.05, 3.63) is 0 Å². The lowest BCUT2D eigenvalue weighted by molar-refractivity contribution is -0.141. The maximum absolute atomic E-state index is 12.0. The molecule has 0 aromatic rings. The SMILES string of the molecule is CN(C)CC(C)(C)CNC(=O)C1CCC(C(=O)O)C1. The van der Waals surface area contributed by atoms with Crippen LogP contribution in [0.4, 0.5) is 0 Å². The molecular weight excluding hydrogens is 244 g/mol. The fraction of sp³-hybridized carbons (Fsp3) is 0.857. The lowest BCUT2D eigenvalue weighted by Crippen LogP contribution is -2.41. The molecule has 110 valence electrons. The number of rotatable bonds is 6. The Labute approximate surface area is 115 Å². The van der Waals surface area contributed by atoms with Crippen molar-refractivity contribution in [1.82, 2.24) is 10.2 Å². The van der Waals surface area contributed by atoms with E-state index in [2.05, 4.69) is 24.1 Å². The van der Waals surface area contributed by atoms with Crippen LogP contribution in [0.15, 0.2) is 0 Å². The van der Waals surface area contributed by atoms with E-state index in [1.54, 1.807) is 0 Å². The normalized spacial score (nSPS) is 23.6. The lowest BCUT2D eigenvalue weighted by Gasteiger charge is -2.29. The summed E-state index contributed by atoms with van der Waals surface area (Å²) in [5, 5.41) is 11.9. The van der Waals surface area contributed by atoms with E-state index in [0.717, 1.165) is 6.54 Å². The highest BCUT2D eigenvalue weighted by atomic mass is 16.4. The predicted molar refractivity (Wildman–Crippen MR) is 73.8 cm³/mol. The summed E-state index contributed by atoms with van der Waals surface area (Å²) in [6, 6.07) is 0. The number of hydrogen-bond acceptors (Lipinski definition) is 3. The smallest absolute Gasteiger partial charge is 0.306 e. The third kappa shape index (κ3) is 5.19. The molecule has 0 bridgehead atoms. The van der Waals surface area contributed by atoms with Crippen molar-refractivity contribution in [3.63, 3.8) is 0 Å². The first-order valence-corrected chi connectivity index (χ1v) is 6.86. The van der Waals surface area contributed by atoms with Gasteiger partial charge in [-0.1, -0.05) is 13.8 Å². The van der Waals surface area contributed by atoms with Crippen molar-refractivity contribution >= 4 is 11.9 Å². The van der Waals surface area contributed by atoms with Gasteiger partial charge in [0.15, 0.2) is 0 Å². The second-order valence-corrected chi connectivity index (χ2v) is 6.66. The van der Waals surface area contributed by atoms with E-state index in [4.69, 9.17) is 5.11 Å². The Balaban J connectivity index is 2.38. The van der Waals surface area contributed by atoms with Gasteiger partial charge in [-0.3, -0.25) is 9.59 Å². The van der Waals surface area contributed by atoms with Crippen LogP contribution >= 0.6 is 0 Å². The monoisotopic (exact) mass is 270 g/mol. The number of carbonyl (C=O) groups excluding carboxylic acids is 1. The second-order valence-electron chi connectivity index (χ2n) is 6.66. The van der Waals surface area contributed by atoms with Crippen molar-refractivity contribution in [2.75, 3.05) is 27.2 Å². The molecule has 0 aromatic heterocycles. The van der Waals surface area contributed by atoms with Crippen molar-refractivity contribution < 1.29 is 14.7 Å².